The van der Waals surface area contributed by atoms with Crippen LogP contribution >= 0.6 is 11.6 Å². The molecule has 0 unspecified atom stereocenters. The minimum absolute atomic E-state index is 0.315. The van der Waals surface area contributed by atoms with E-state index < -0.39 is 11.4 Å². The second kappa shape index (κ2) is 5.32. The zero-order valence-corrected chi connectivity index (χ0v) is 13.1. The first-order chi connectivity index (χ1) is 10.5. The van der Waals surface area contributed by atoms with Crippen LogP contribution in [0.1, 0.15) is 31.6 Å². The Morgan fingerprint density at radius 3 is 2.73 bits per heavy atom. The highest BCUT2D eigenvalue weighted by molar-refractivity contribution is 6.31. The number of hydrogen-bond donors (Lipinski definition) is 1. The normalized spacial score (nSPS) is 17.0. The molecule has 1 amide bonds. The summed E-state index contributed by atoms with van der Waals surface area (Å²) < 4.78 is 10.4. The molecule has 1 saturated carbocycles. The molecule has 1 fully saturated rings. The number of rotatable bonds is 4. The van der Waals surface area contributed by atoms with Gasteiger partial charge in [0.15, 0.2) is 0 Å². The van der Waals surface area contributed by atoms with Gasteiger partial charge >= 0.3 is 5.97 Å². The van der Waals surface area contributed by atoms with Crippen molar-refractivity contribution in [2.75, 3.05) is 7.11 Å². The summed E-state index contributed by atoms with van der Waals surface area (Å²) in [7, 11) is 1.29. The van der Waals surface area contributed by atoms with E-state index >= 15 is 0 Å². The van der Waals surface area contributed by atoms with E-state index in [9.17, 15) is 9.59 Å². The van der Waals surface area contributed by atoms with E-state index in [2.05, 4.69) is 5.32 Å². The van der Waals surface area contributed by atoms with Crippen molar-refractivity contribution in [2.45, 2.75) is 25.8 Å². The predicted octanol–water partition coefficient (Wildman–Crippen LogP) is 3.22. The fourth-order valence-electron chi connectivity index (χ4n) is 2.50. The van der Waals surface area contributed by atoms with Gasteiger partial charge in [-0.2, -0.15) is 0 Å². The van der Waals surface area contributed by atoms with E-state index in [-0.39, 0.29) is 11.9 Å². The Morgan fingerprint density at radius 2 is 2.09 bits per heavy atom. The van der Waals surface area contributed by atoms with Crippen LogP contribution in [0.3, 0.4) is 0 Å². The Kier molecular flexibility index (Phi) is 3.60. The molecule has 2 aromatic rings. The molecule has 0 bridgehead atoms. The molecule has 1 atom stereocenters. The Labute approximate surface area is 132 Å². The summed E-state index contributed by atoms with van der Waals surface area (Å²) in [6.07, 6.45) is 1.04. The standard InChI is InChI=1S/C16H16ClNO4/c1-9(18-14(19)16(5-6-16)15(20)21-2)13-8-10-7-11(17)3-4-12(10)22-13/h3-4,7-9H,5-6H2,1-2H3,(H,18,19)/t9-/m1/s1. The SMILES string of the molecule is COC(=O)C1(C(=O)N[C@H](C)c2cc3cc(Cl)ccc3o2)CC1. The fourth-order valence-corrected chi connectivity index (χ4v) is 2.68. The number of amides is 1. The number of esters is 1. The molecule has 0 aliphatic heterocycles. The van der Waals surface area contributed by atoms with E-state index in [1.54, 1.807) is 18.2 Å². The Bertz CT molecular complexity index is 748. The summed E-state index contributed by atoms with van der Waals surface area (Å²) >= 11 is 5.95. The van der Waals surface area contributed by atoms with E-state index in [1.165, 1.54) is 7.11 Å². The summed E-state index contributed by atoms with van der Waals surface area (Å²) in [5.41, 5.74) is -0.312. The van der Waals surface area contributed by atoms with Crippen molar-refractivity contribution in [1.82, 2.24) is 5.32 Å². The van der Waals surface area contributed by atoms with Crippen LogP contribution in [0.25, 0.3) is 11.0 Å². The molecule has 0 spiro atoms. The average molecular weight is 322 g/mol. The molecule has 1 N–H and O–H groups in total. The van der Waals surface area contributed by atoms with Crippen molar-refractivity contribution in [3.8, 4) is 0 Å². The third kappa shape index (κ3) is 2.46. The van der Waals surface area contributed by atoms with Gasteiger partial charge in [0.1, 0.15) is 16.8 Å². The number of methoxy groups -OCH3 is 1. The van der Waals surface area contributed by atoms with Gasteiger partial charge in [0, 0.05) is 10.4 Å². The van der Waals surface area contributed by atoms with Crippen LogP contribution in [0.4, 0.5) is 0 Å². The molecule has 116 valence electrons. The monoisotopic (exact) mass is 321 g/mol. The van der Waals surface area contributed by atoms with Gasteiger partial charge < -0.3 is 14.5 Å². The number of fused-ring (bicyclic) bond motifs is 1. The van der Waals surface area contributed by atoms with Crippen molar-refractivity contribution >= 4 is 34.4 Å². The minimum Gasteiger partial charge on any atom is -0.468 e. The van der Waals surface area contributed by atoms with E-state index in [0.29, 0.717) is 29.2 Å². The number of halogens is 1. The highest BCUT2D eigenvalue weighted by Gasteiger charge is 2.58. The quantitative estimate of drug-likeness (QED) is 0.693. The van der Waals surface area contributed by atoms with Gasteiger partial charge in [-0.1, -0.05) is 11.6 Å². The maximum Gasteiger partial charge on any atom is 0.321 e. The lowest BCUT2D eigenvalue weighted by atomic mass is 10.1. The number of carbonyl (C=O) groups is 2. The van der Waals surface area contributed by atoms with Crippen molar-refractivity contribution in [3.63, 3.8) is 0 Å². The Balaban J connectivity index is 1.77. The molecule has 5 nitrogen and oxygen atoms in total. The zero-order chi connectivity index (χ0) is 15.9. The highest BCUT2D eigenvalue weighted by atomic mass is 35.5. The number of benzene rings is 1. The van der Waals surface area contributed by atoms with E-state index in [4.69, 9.17) is 20.8 Å². The fraction of sp³-hybridized carbons (Fsp3) is 0.375. The second-order valence-corrected chi connectivity index (χ2v) is 6.04. The molecular weight excluding hydrogens is 306 g/mol. The first-order valence-corrected chi connectivity index (χ1v) is 7.42. The maximum absolute atomic E-state index is 12.3. The smallest absolute Gasteiger partial charge is 0.321 e. The summed E-state index contributed by atoms with van der Waals surface area (Å²) in [4.78, 5) is 24.0. The number of ether oxygens (including phenoxy) is 1. The zero-order valence-electron chi connectivity index (χ0n) is 12.3. The largest absolute Gasteiger partial charge is 0.468 e. The minimum atomic E-state index is -1.02. The van der Waals surface area contributed by atoms with Gasteiger partial charge in [-0.25, -0.2) is 0 Å². The van der Waals surface area contributed by atoms with Crippen molar-refractivity contribution in [2.24, 2.45) is 5.41 Å². The molecule has 0 saturated heterocycles. The third-order valence-corrected chi connectivity index (χ3v) is 4.27. The molecule has 3 rings (SSSR count). The lowest BCUT2D eigenvalue weighted by Gasteiger charge is -2.16. The van der Waals surface area contributed by atoms with Gasteiger partial charge in [0.25, 0.3) is 0 Å². The molecule has 0 radical (unpaired) electrons. The molecule has 1 heterocycles. The molecule has 22 heavy (non-hydrogen) atoms. The van der Waals surface area contributed by atoms with E-state index in [1.807, 2.05) is 13.0 Å². The number of hydrogen-bond acceptors (Lipinski definition) is 4. The first-order valence-electron chi connectivity index (χ1n) is 7.05. The van der Waals surface area contributed by atoms with Crippen LogP contribution in [0.2, 0.25) is 5.02 Å². The molecule has 1 aliphatic carbocycles. The van der Waals surface area contributed by atoms with Gasteiger partial charge in [-0.05, 0) is 44.0 Å². The molecule has 1 aromatic carbocycles. The lowest BCUT2D eigenvalue weighted by Crippen LogP contribution is -2.38. The summed E-state index contributed by atoms with van der Waals surface area (Å²) in [5.74, 6) is -0.176. The van der Waals surface area contributed by atoms with Gasteiger partial charge in [-0.15, -0.1) is 0 Å². The second-order valence-electron chi connectivity index (χ2n) is 5.60. The number of furan rings is 1. The van der Waals surface area contributed by atoms with Crippen molar-refractivity contribution in [3.05, 3.63) is 35.0 Å². The Hall–Kier alpha value is -2.01. The summed E-state index contributed by atoms with van der Waals surface area (Å²) in [6.45, 7) is 1.81. The molecule has 1 aromatic heterocycles. The van der Waals surface area contributed by atoms with Crippen LogP contribution in [0.15, 0.2) is 28.7 Å². The van der Waals surface area contributed by atoms with Crippen LogP contribution in [0, 0.1) is 5.41 Å². The highest BCUT2D eigenvalue weighted by Crippen LogP contribution is 2.47. The van der Waals surface area contributed by atoms with E-state index in [0.717, 1.165) is 5.39 Å². The number of nitrogens with one attached hydrogen (secondary N) is 1. The van der Waals surface area contributed by atoms with Crippen molar-refractivity contribution in [1.29, 1.82) is 0 Å². The Morgan fingerprint density at radius 1 is 1.36 bits per heavy atom. The predicted molar refractivity (Wildman–Crippen MR) is 81.5 cm³/mol. The van der Waals surface area contributed by atoms with Gasteiger partial charge in [0.05, 0.1) is 13.2 Å². The summed E-state index contributed by atoms with van der Waals surface area (Å²) in [6, 6.07) is 6.82. The maximum atomic E-state index is 12.3. The third-order valence-electron chi connectivity index (χ3n) is 4.03. The van der Waals surface area contributed by atoms with Gasteiger partial charge in [-0.3, -0.25) is 9.59 Å². The van der Waals surface area contributed by atoms with Crippen molar-refractivity contribution < 1.29 is 18.7 Å². The molecule has 1 aliphatic rings. The van der Waals surface area contributed by atoms with Crippen LogP contribution in [-0.2, 0) is 14.3 Å². The summed E-state index contributed by atoms with van der Waals surface area (Å²) in [5, 5.41) is 4.32. The van der Waals surface area contributed by atoms with Crippen LogP contribution < -0.4 is 5.32 Å². The average Bonchev–Trinajstić information content (AvgIpc) is 3.20. The van der Waals surface area contributed by atoms with Gasteiger partial charge in [0.2, 0.25) is 5.91 Å². The topological polar surface area (TPSA) is 68.5 Å². The van der Waals surface area contributed by atoms with Crippen LogP contribution in [-0.4, -0.2) is 19.0 Å². The molecule has 6 heteroatoms. The number of carbonyl (C=O) groups excluding carboxylic acids is 2. The lowest BCUT2D eigenvalue weighted by molar-refractivity contribution is -0.152. The first kappa shape index (κ1) is 14.9. The van der Waals surface area contributed by atoms with Crippen LogP contribution in [0.5, 0.6) is 0 Å². The molecular formula is C16H16ClNO4.